The van der Waals surface area contributed by atoms with Crippen LogP contribution in [0.4, 0.5) is 11.6 Å². The van der Waals surface area contributed by atoms with E-state index in [9.17, 15) is 4.79 Å². The second-order valence-electron chi connectivity index (χ2n) is 4.25. The third-order valence-electron chi connectivity index (χ3n) is 2.44. The zero-order chi connectivity index (χ0) is 14.3. The molecule has 1 heterocycles. The smallest absolute Gasteiger partial charge is 0.219 e. The lowest BCUT2D eigenvalue weighted by Gasteiger charge is -2.17. The molecule has 1 unspecified atom stereocenters. The Kier molecular flexibility index (Phi) is 5.84. The summed E-state index contributed by atoms with van der Waals surface area (Å²) in [6, 6.07) is -0.125. The summed E-state index contributed by atoms with van der Waals surface area (Å²) in [5.41, 5.74) is 5.16. The maximum atomic E-state index is 10.9. The first kappa shape index (κ1) is 15.0. The van der Waals surface area contributed by atoms with Gasteiger partial charge < -0.3 is 21.1 Å². The highest BCUT2D eigenvalue weighted by atomic mass is 16.5. The van der Waals surface area contributed by atoms with Crippen molar-refractivity contribution in [2.75, 3.05) is 24.3 Å². The first-order valence-electron chi connectivity index (χ1n) is 6.26. The van der Waals surface area contributed by atoms with Gasteiger partial charge in [0.15, 0.2) is 11.6 Å². The molecule has 19 heavy (non-hydrogen) atoms. The van der Waals surface area contributed by atoms with Crippen LogP contribution in [0.1, 0.15) is 26.7 Å². The van der Waals surface area contributed by atoms with Crippen molar-refractivity contribution >= 4 is 17.5 Å². The summed E-state index contributed by atoms with van der Waals surface area (Å²) in [6.07, 6.45) is 2.65. The summed E-state index contributed by atoms with van der Waals surface area (Å²) in [7, 11) is 1.56. The summed E-state index contributed by atoms with van der Waals surface area (Å²) in [6.45, 7) is 4.71. The van der Waals surface area contributed by atoms with Gasteiger partial charge in [-0.15, -0.1) is 0 Å². The third kappa shape index (κ3) is 4.61. The van der Waals surface area contributed by atoms with Gasteiger partial charge in [0.2, 0.25) is 11.7 Å². The Morgan fingerprint density at radius 3 is 2.74 bits per heavy atom. The van der Waals surface area contributed by atoms with Gasteiger partial charge >= 0.3 is 0 Å². The summed E-state index contributed by atoms with van der Waals surface area (Å²) < 4.78 is 5.31. The number of nitrogens with two attached hydrogens (primary N) is 1. The van der Waals surface area contributed by atoms with Gasteiger partial charge in [0.25, 0.3) is 0 Å². The molecule has 0 aliphatic heterocycles. The van der Waals surface area contributed by atoms with Crippen molar-refractivity contribution in [2.24, 2.45) is 5.73 Å². The maximum absolute atomic E-state index is 10.9. The minimum atomic E-state index is -0.364. The molecule has 1 aromatic rings. The number of hydrogen-bond donors (Lipinski definition) is 3. The number of amides is 1. The molecule has 0 bridgehead atoms. The van der Waals surface area contributed by atoms with Gasteiger partial charge in [0.05, 0.1) is 7.11 Å². The molecule has 1 rings (SSSR count). The first-order valence-corrected chi connectivity index (χ1v) is 6.26. The molecule has 7 heteroatoms. The van der Waals surface area contributed by atoms with Gasteiger partial charge in [0, 0.05) is 19.0 Å². The average molecular weight is 267 g/mol. The number of rotatable bonds is 8. The highest BCUT2D eigenvalue weighted by molar-refractivity contribution is 5.75. The fourth-order valence-electron chi connectivity index (χ4n) is 1.63. The Labute approximate surface area is 113 Å². The van der Waals surface area contributed by atoms with Crippen molar-refractivity contribution in [2.45, 2.75) is 32.7 Å². The lowest BCUT2D eigenvalue weighted by molar-refractivity contribution is -0.118. The van der Waals surface area contributed by atoms with Gasteiger partial charge in [0.1, 0.15) is 6.33 Å². The fraction of sp³-hybridized carbons (Fsp3) is 0.583. The van der Waals surface area contributed by atoms with Crippen LogP contribution in [0.15, 0.2) is 6.33 Å². The van der Waals surface area contributed by atoms with Crippen LogP contribution in [0.5, 0.6) is 5.75 Å². The third-order valence-corrected chi connectivity index (χ3v) is 2.44. The number of hydrogen-bond acceptors (Lipinski definition) is 6. The number of nitrogens with one attached hydrogen (secondary N) is 2. The molecule has 0 saturated carbocycles. The second-order valence-corrected chi connectivity index (χ2v) is 4.25. The number of nitrogens with zero attached hydrogens (tertiary/aromatic N) is 2. The van der Waals surface area contributed by atoms with Gasteiger partial charge in [-0.3, -0.25) is 4.79 Å². The van der Waals surface area contributed by atoms with Crippen LogP contribution < -0.4 is 21.1 Å². The quantitative estimate of drug-likeness (QED) is 0.649. The van der Waals surface area contributed by atoms with Crippen molar-refractivity contribution in [3.8, 4) is 5.75 Å². The number of ether oxygens (including phenoxy) is 1. The number of anilines is 2. The Balaban J connectivity index is 2.84. The van der Waals surface area contributed by atoms with E-state index in [2.05, 4.69) is 27.5 Å². The lowest BCUT2D eigenvalue weighted by atomic mass is 10.2. The van der Waals surface area contributed by atoms with Crippen LogP contribution in [0.3, 0.4) is 0 Å². The van der Waals surface area contributed by atoms with Crippen LogP contribution in [-0.4, -0.2) is 35.6 Å². The van der Waals surface area contributed by atoms with E-state index in [4.69, 9.17) is 10.5 Å². The average Bonchev–Trinajstić information content (AvgIpc) is 2.35. The topological polar surface area (TPSA) is 102 Å². The Morgan fingerprint density at radius 1 is 1.47 bits per heavy atom. The van der Waals surface area contributed by atoms with E-state index in [-0.39, 0.29) is 18.4 Å². The summed E-state index contributed by atoms with van der Waals surface area (Å²) in [4.78, 5) is 19.1. The molecule has 0 aromatic carbocycles. The Morgan fingerprint density at radius 2 is 2.16 bits per heavy atom. The van der Waals surface area contributed by atoms with E-state index in [0.717, 1.165) is 13.0 Å². The number of primary amides is 1. The lowest BCUT2D eigenvalue weighted by Crippen LogP contribution is -2.24. The number of carbonyl (C=O) groups excluding carboxylic acids is 1. The molecular formula is C12H21N5O2. The predicted molar refractivity (Wildman–Crippen MR) is 74.3 cm³/mol. The molecule has 0 saturated heterocycles. The molecular weight excluding hydrogens is 246 g/mol. The van der Waals surface area contributed by atoms with Crippen LogP contribution in [-0.2, 0) is 4.79 Å². The molecule has 0 aliphatic rings. The molecule has 0 fully saturated rings. The van der Waals surface area contributed by atoms with Crippen molar-refractivity contribution in [1.29, 1.82) is 0 Å². The SMILES string of the molecule is CCCNc1ncnc(NC(C)CC(N)=O)c1OC. The molecule has 1 amide bonds. The minimum Gasteiger partial charge on any atom is -0.490 e. The van der Waals surface area contributed by atoms with Gasteiger partial charge in [-0.1, -0.05) is 6.92 Å². The number of aromatic nitrogens is 2. The van der Waals surface area contributed by atoms with Crippen LogP contribution in [0.25, 0.3) is 0 Å². The van der Waals surface area contributed by atoms with Crippen molar-refractivity contribution in [3.63, 3.8) is 0 Å². The molecule has 0 aliphatic carbocycles. The normalized spacial score (nSPS) is 11.7. The highest BCUT2D eigenvalue weighted by Crippen LogP contribution is 2.29. The number of carbonyl (C=O) groups is 1. The zero-order valence-corrected chi connectivity index (χ0v) is 11.6. The van der Waals surface area contributed by atoms with Crippen molar-refractivity contribution in [1.82, 2.24) is 9.97 Å². The van der Waals surface area contributed by atoms with Gasteiger partial charge in [-0.2, -0.15) is 0 Å². The first-order chi connectivity index (χ1) is 9.08. The molecule has 4 N–H and O–H groups in total. The Hall–Kier alpha value is -2.05. The molecule has 0 spiro atoms. The predicted octanol–water partition coefficient (Wildman–Crippen LogP) is 0.983. The molecule has 0 radical (unpaired) electrons. The minimum absolute atomic E-state index is 0.125. The van der Waals surface area contributed by atoms with E-state index in [1.165, 1.54) is 6.33 Å². The Bertz CT molecular complexity index is 425. The standard InChI is InChI=1S/C12H21N5O2/c1-4-5-14-11-10(19-3)12(16-7-15-11)17-8(2)6-9(13)18/h7-8H,4-6H2,1-3H3,(H2,13,18)(H2,14,15,16,17). The van der Waals surface area contributed by atoms with E-state index in [1.807, 2.05) is 6.92 Å². The van der Waals surface area contributed by atoms with E-state index >= 15 is 0 Å². The number of methoxy groups -OCH3 is 1. The van der Waals surface area contributed by atoms with Gasteiger partial charge in [-0.25, -0.2) is 9.97 Å². The summed E-state index contributed by atoms with van der Waals surface area (Å²) in [5, 5.41) is 6.25. The van der Waals surface area contributed by atoms with Crippen LogP contribution in [0.2, 0.25) is 0 Å². The van der Waals surface area contributed by atoms with E-state index < -0.39 is 0 Å². The van der Waals surface area contributed by atoms with E-state index in [1.54, 1.807) is 7.11 Å². The van der Waals surface area contributed by atoms with Crippen LogP contribution >= 0.6 is 0 Å². The molecule has 1 atom stereocenters. The largest absolute Gasteiger partial charge is 0.490 e. The maximum Gasteiger partial charge on any atom is 0.219 e. The fourth-order valence-corrected chi connectivity index (χ4v) is 1.63. The molecule has 7 nitrogen and oxygen atoms in total. The summed E-state index contributed by atoms with van der Waals surface area (Å²) in [5.74, 6) is 1.35. The highest BCUT2D eigenvalue weighted by Gasteiger charge is 2.14. The van der Waals surface area contributed by atoms with E-state index in [0.29, 0.717) is 17.4 Å². The molecule has 106 valence electrons. The van der Waals surface area contributed by atoms with Crippen LogP contribution in [0, 0.1) is 0 Å². The second kappa shape index (κ2) is 7.40. The van der Waals surface area contributed by atoms with Gasteiger partial charge in [-0.05, 0) is 13.3 Å². The summed E-state index contributed by atoms with van der Waals surface area (Å²) >= 11 is 0. The van der Waals surface area contributed by atoms with Crippen molar-refractivity contribution < 1.29 is 9.53 Å². The zero-order valence-electron chi connectivity index (χ0n) is 11.6. The molecule has 1 aromatic heterocycles. The van der Waals surface area contributed by atoms with Crippen molar-refractivity contribution in [3.05, 3.63) is 6.33 Å². The monoisotopic (exact) mass is 267 g/mol.